The molecule has 10 nitrogen and oxygen atoms in total. The van der Waals surface area contributed by atoms with Gasteiger partial charge in [0.15, 0.2) is 5.78 Å². The van der Waals surface area contributed by atoms with Gasteiger partial charge in [-0.2, -0.15) is 0 Å². The Hall–Kier alpha value is -3.69. The average Bonchev–Trinajstić information content (AvgIpc) is 2.61. The lowest BCUT2D eigenvalue weighted by Gasteiger charge is -2.15. The Kier molecular flexibility index (Phi) is 6.26. The molecule has 0 saturated carbocycles. The molecule has 27 heavy (non-hydrogen) atoms. The maximum absolute atomic E-state index is 12.5. The van der Waals surface area contributed by atoms with Crippen LogP contribution in [0.1, 0.15) is 24.2 Å². The van der Waals surface area contributed by atoms with E-state index in [9.17, 15) is 24.5 Å². The largest absolute Gasteiger partial charge is 0.450 e. The highest BCUT2D eigenvalue weighted by molar-refractivity contribution is 6.01. The maximum Gasteiger partial charge on any atom is 0.412 e. The summed E-state index contributed by atoms with van der Waals surface area (Å²) in [5.74, 6) is -0.420. The van der Waals surface area contributed by atoms with E-state index < -0.39 is 28.3 Å². The molecule has 0 saturated heterocycles. The van der Waals surface area contributed by atoms with Crippen molar-refractivity contribution in [2.75, 3.05) is 17.2 Å². The fourth-order valence-corrected chi connectivity index (χ4v) is 2.34. The standard InChI is InChI=1S/C17H18N4O6/c1-3-27-17(24)20-13-9-12(14(21(25)26)16(23)19-13)18-10(2)15(22)11-7-5-4-6-8-11/h4-10H,3H2,1-2H3,(H3,18,19,20,23,24)/t10-/m0/s1. The number of Topliss-reactive ketones (excluding diaryl/α,β-unsaturated/α-hetero) is 1. The molecule has 142 valence electrons. The molecule has 0 aliphatic rings. The number of benzene rings is 1. The molecular weight excluding hydrogens is 356 g/mol. The van der Waals surface area contributed by atoms with Crippen molar-refractivity contribution in [3.63, 3.8) is 0 Å². The Labute approximate surface area is 153 Å². The second kappa shape index (κ2) is 8.61. The zero-order chi connectivity index (χ0) is 20.0. The number of hydrogen-bond acceptors (Lipinski definition) is 7. The van der Waals surface area contributed by atoms with Crippen molar-refractivity contribution in [2.45, 2.75) is 19.9 Å². The summed E-state index contributed by atoms with van der Waals surface area (Å²) in [7, 11) is 0. The minimum absolute atomic E-state index is 0.106. The summed E-state index contributed by atoms with van der Waals surface area (Å²) in [6.45, 7) is 3.22. The van der Waals surface area contributed by atoms with Crippen LogP contribution >= 0.6 is 0 Å². The van der Waals surface area contributed by atoms with Crippen LogP contribution in [0.25, 0.3) is 0 Å². The zero-order valence-corrected chi connectivity index (χ0v) is 14.6. The molecule has 1 aromatic heterocycles. The van der Waals surface area contributed by atoms with Crippen LogP contribution in [0, 0.1) is 10.1 Å². The first-order valence-electron chi connectivity index (χ1n) is 8.04. The molecule has 1 heterocycles. The van der Waals surface area contributed by atoms with Crippen molar-refractivity contribution >= 4 is 29.1 Å². The van der Waals surface area contributed by atoms with Gasteiger partial charge in [-0.3, -0.25) is 25.0 Å². The number of aromatic nitrogens is 1. The third-order valence-electron chi connectivity index (χ3n) is 3.53. The molecule has 2 rings (SSSR count). The third kappa shape index (κ3) is 4.91. The molecule has 0 radical (unpaired) electrons. The first kappa shape index (κ1) is 19.6. The summed E-state index contributed by atoms with van der Waals surface area (Å²) < 4.78 is 4.70. The van der Waals surface area contributed by atoms with Crippen molar-refractivity contribution < 1.29 is 19.2 Å². The van der Waals surface area contributed by atoms with Gasteiger partial charge < -0.3 is 15.0 Å². The van der Waals surface area contributed by atoms with Gasteiger partial charge in [-0.25, -0.2) is 4.79 Å². The number of pyridine rings is 1. The lowest BCUT2D eigenvalue weighted by atomic mass is 10.1. The number of amides is 1. The fraction of sp³-hybridized carbons (Fsp3) is 0.235. The predicted octanol–water partition coefficient (Wildman–Crippen LogP) is 2.53. The van der Waals surface area contributed by atoms with Crippen LogP contribution in [0.3, 0.4) is 0 Å². The van der Waals surface area contributed by atoms with Gasteiger partial charge in [0.05, 0.1) is 17.6 Å². The Balaban J connectivity index is 2.33. The second-order valence-electron chi connectivity index (χ2n) is 5.47. The topological polar surface area (TPSA) is 143 Å². The van der Waals surface area contributed by atoms with Gasteiger partial charge in [-0.1, -0.05) is 30.3 Å². The summed E-state index contributed by atoms with van der Waals surface area (Å²) in [6.07, 6.45) is -0.832. The molecule has 0 fully saturated rings. The highest BCUT2D eigenvalue weighted by Gasteiger charge is 2.24. The number of hydrogen-bond donors (Lipinski definition) is 3. The number of aromatic amines is 1. The summed E-state index contributed by atoms with van der Waals surface area (Å²) in [5.41, 5.74) is -1.59. The number of ketones is 1. The smallest absolute Gasteiger partial charge is 0.412 e. The minimum Gasteiger partial charge on any atom is -0.450 e. The molecule has 0 spiro atoms. The molecule has 2 aromatic rings. The number of carbonyl (C=O) groups excluding carboxylic acids is 2. The van der Waals surface area contributed by atoms with E-state index in [2.05, 4.69) is 15.6 Å². The monoisotopic (exact) mass is 374 g/mol. The molecule has 1 amide bonds. The van der Waals surface area contributed by atoms with E-state index in [-0.39, 0.29) is 23.9 Å². The maximum atomic E-state index is 12.5. The summed E-state index contributed by atoms with van der Waals surface area (Å²) >= 11 is 0. The molecule has 10 heteroatoms. The van der Waals surface area contributed by atoms with Gasteiger partial charge in [-0.05, 0) is 13.8 Å². The zero-order valence-electron chi connectivity index (χ0n) is 14.6. The normalized spacial score (nSPS) is 11.3. The number of carbonyl (C=O) groups is 2. The van der Waals surface area contributed by atoms with Crippen LogP contribution in [0.15, 0.2) is 41.2 Å². The van der Waals surface area contributed by atoms with E-state index >= 15 is 0 Å². The Bertz CT molecular complexity index is 909. The van der Waals surface area contributed by atoms with E-state index in [0.29, 0.717) is 5.56 Å². The molecule has 1 aromatic carbocycles. The van der Waals surface area contributed by atoms with Crippen molar-refractivity contribution in [2.24, 2.45) is 0 Å². The van der Waals surface area contributed by atoms with Crippen LogP contribution in [-0.2, 0) is 4.74 Å². The number of nitro groups is 1. The quantitative estimate of drug-likeness (QED) is 0.384. The number of anilines is 2. The molecular formula is C17H18N4O6. The molecule has 0 bridgehead atoms. The van der Waals surface area contributed by atoms with Crippen molar-refractivity contribution in [3.05, 3.63) is 62.4 Å². The van der Waals surface area contributed by atoms with Crippen LogP contribution in [0.4, 0.5) is 22.0 Å². The van der Waals surface area contributed by atoms with E-state index in [1.54, 1.807) is 37.3 Å². The van der Waals surface area contributed by atoms with E-state index in [1.165, 1.54) is 6.92 Å². The summed E-state index contributed by atoms with van der Waals surface area (Å²) in [4.78, 5) is 48.6. The fourth-order valence-electron chi connectivity index (χ4n) is 2.34. The second-order valence-corrected chi connectivity index (χ2v) is 5.47. The van der Waals surface area contributed by atoms with Crippen molar-refractivity contribution in [3.8, 4) is 0 Å². The number of nitrogens with zero attached hydrogens (tertiary/aromatic N) is 1. The first-order chi connectivity index (χ1) is 12.8. The van der Waals surface area contributed by atoms with Crippen molar-refractivity contribution in [1.29, 1.82) is 0 Å². The number of rotatable bonds is 7. The highest BCUT2D eigenvalue weighted by atomic mass is 16.6. The van der Waals surface area contributed by atoms with Gasteiger partial charge in [0, 0.05) is 11.6 Å². The van der Waals surface area contributed by atoms with Crippen LogP contribution < -0.4 is 16.2 Å². The van der Waals surface area contributed by atoms with Gasteiger partial charge in [0.2, 0.25) is 0 Å². The Morgan fingerprint density at radius 2 is 1.96 bits per heavy atom. The van der Waals surface area contributed by atoms with E-state index in [0.717, 1.165) is 6.07 Å². The van der Waals surface area contributed by atoms with Crippen LogP contribution in [0.5, 0.6) is 0 Å². The van der Waals surface area contributed by atoms with Crippen molar-refractivity contribution in [1.82, 2.24) is 4.98 Å². The molecule has 0 aliphatic carbocycles. The van der Waals surface area contributed by atoms with E-state index in [1.807, 2.05) is 0 Å². The van der Waals surface area contributed by atoms with Gasteiger partial charge in [-0.15, -0.1) is 0 Å². The number of ether oxygens (including phenoxy) is 1. The summed E-state index contributed by atoms with van der Waals surface area (Å²) in [5, 5.41) is 16.2. The molecule has 1 atom stereocenters. The first-order valence-corrected chi connectivity index (χ1v) is 8.04. The summed E-state index contributed by atoms with van der Waals surface area (Å²) in [6, 6.07) is 8.66. The van der Waals surface area contributed by atoms with E-state index in [4.69, 9.17) is 4.74 Å². The van der Waals surface area contributed by atoms with Gasteiger partial charge >= 0.3 is 17.3 Å². The SMILES string of the molecule is CCOC(=O)Nc1cc(N[C@@H](C)C(=O)c2ccccc2)c([N+](=O)[O-])c(=O)[nH]1. The minimum atomic E-state index is -1.03. The molecule has 3 N–H and O–H groups in total. The Morgan fingerprint density at radius 1 is 1.30 bits per heavy atom. The van der Waals surface area contributed by atoms with Crippen LogP contribution in [0.2, 0.25) is 0 Å². The van der Waals surface area contributed by atoms with Gasteiger partial charge in [0.25, 0.3) is 0 Å². The third-order valence-corrected chi connectivity index (χ3v) is 3.53. The predicted molar refractivity (Wildman–Crippen MR) is 98.2 cm³/mol. The highest BCUT2D eigenvalue weighted by Crippen LogP contribution is 2.23. The van der Waals surface area contributed by atoms with Crippen LogP contribution in [-0.4, -0.2) is 34.4 Å². The average molecular weight is 374 g/mol. The lowest BCUT2D eigenvalue weighted by molar-refractivity contribution is -0.385. The molecule has 0 unspecified atom stereocenters. The lowest BCUT2D eigenvalue weighted by Crippen LogP contribution is -2.28. The number of H-pyrrole nitrogens is 1. The number of nitrogens with one attached hydrogen (secondary N) is 3. The molecule has 0 aliphatic heterocycles. The van der Waals surface area contributed by atoms with Gasteiger partial charge in [0.1, 0.15) is 11.5 Å². The Morgan fingerprint density at radius 3 is 2.56 bits per heavy atom.